The van der Waals surface area contributed by atoms with Gasteiger partial charge in [-0.2, -0.15) is 18.3 Å². The normalized spacial score (nSPS) is 17.7. The van der Waals surface area contributed by atoms with E-state index in [1.807, 2.05) is 18.7 Å². The topological polar surface area (TPSA) is 79.6 Å². The number of amides is 1. The number of phenolic OH excluding ortho intramolecular Hbond substituents is 1. The molecule has 3 aromatic rings. The van der Waals surface area contributed by atoms with Gasteiger partial charge in [-0.3, -0.25) is 9.48 Å². The number of aromatic nitrogens is 2. The van der Waals surface area contributed by atoms with E-state index < -0.39 is 18.1 Å². The Morgan fingerprint density at radius 3 is 2.48 bits per heavy atom. The summed E-state index contributed by atoms with van der Waals surface area (Å²) in [7, 11) is 1.43. The smallest absolute Gasteiger partial charge is 0.410 e. The summed E-state index contributed by atoms with van der Waals surface area (Å²) in [5, 5.41) is 18.2. The van der Waals surface area contributed by atoms with E-state index in [1.54, 1.807) is 49.4 Å². The molecule has 1 amide bonds. The molecule has 2 N–H and O–H groups in total. The minimum atomic E-state index is -4.55. The molecule has 0 bridgehead atoms. The van der Waals surface area contributed by atoms with E-state index >= 15 is 0 Å². The second kappa shape index (κ2) is 14.5. The average Bonchev–Trinajstić information content (AvgIpc) is 3.39. The third-order valence-corrected chi connectivity index (χ3v) is 8.82. The molecule has 2 heterocycles. The first-order chi connectivity index (χ1) is 21.0. The van der Waals surface area contributed by atoms with Crippen molar-refractivity contribution < 1.29 is 27.8 Å². The van der Waals surface area contributed by atoms with Crippen LogP contribution in [0.15, 0.2) is 48.5 Å². The number of alkyl halides is 3. The highest BCUT2D eigenvalue weighted by Crippen LogP contribution is 2.43. The zero-order valence-corrected chi connectivity index (χ0v) is 26.3. The predicted octanol–water partition coefficient (Wildman–Crippen LogP) is 7.50. The van der Waals surface area contributed by atoms with Gasteiger partial charge in [0.15, 0.2) is 11.5 Å². The van der Waals surface area contributed by atoms with Gasteiger partial charge in [0.25, 0.3) is 5.91 Å². The third kappa shape index (κ3) is 7.75. The number of benzene rings is 2. The molecule has 1 aliphatic rings. The molecule has 1 aliphatic heterocycles. The summed E-state index contributed by atoms with van der Waals surface area (Å²) in [6.45, 7) is 9.94. The largest absolute Gasteiger partial charge is 0.504 e. The molecule has 4 unspecified atom stereocenters. The van der Waals surface area contributed by atoms with Crippen molar-refractivity contribution in [3.05, 3.63) is 65.4 Å². The van der Waals surface area contributed by atoms with Crippen molar-refractivity contribution >= 4 is 5.91 Å². The second-order valence-electron chi connectivity index (χ2n) is 12.0. The van der Waals surface area contributed by atoms with Gasteiger partial charge < -0.3 is 20.1 Å². The number of carbonyl (C=O) groups is 1. The summed E-state index contributed by atoms with van der Waals surface area (Å²) < 4.78 is 50.4. The Morgan fingerprint density at radius 1 is 1.14 bits per heavy atom. The van der Waals surface area contributed by atoms with Crippen molar-refractivity contribution in [1.82, 2.24) is 20.0 Å². The lowest BCUT2D eigenvalue weighted by atomic mass is 9.83. The number of hydrogen-bond acceptors (Lipinski definition) is 5. The molecule has 4 atom stereocenters. The zero-order valence-electron chi connectivity index (χ0n) is 26.3. The number of carbonyl (C=O) groups excluding carboxylic acids is 1. The van der Waals surface area contributed by atoms with Crippen molar-refractivity contribution in [2.24, 2.45) is 5.92 Å². The molecule has 7 nitrogen and oxygen atoms in total. The number of nitrogens with one attached hydrogen (secondary N) is 1. The van der Waals surface area contributed by atoms with E-state index in [2.05, 4.69) is 17.3 Å². The van der Waals surface area contributed by atoms with Gasteiger partial charge in [0.05, 0.1) is 12.8 Å². The van der Waals surface area contributed by atoms with E-state index in [1.165, 1.54) is 13.2 Å². The number of aromatic hydroxyl groups is 1. The summed E-state index contributed by atoms with van der Waals surface area (Å²) in [5.41, 5.74) is 2.64. The molecular formula is C34H45F3N4O3. The van der Waals surface area contributed by atoms with Crippen LogP contribution in [0.5, 0.6) is 11.5 Å². The summed E-state index contributed by atoms with van der Waals surface area (Å²) in [6.07, 6.45) is -1.51. The highest BCUT2D eigenvalue weighted by molar-refractivity contribution is 5.95. The molecule has 2 aromatic carbocycles. The Labute approximate surface area is 258 Å². The van der Waals surface area contributed by atoms with E-state index in [4.69, 9.17) is 4.74 Å². The molecule has 44 heavy (non-hydrogen) atoms. The highest BCUT2D eigenvalue weighted by atomic mass is 19.4. The number of rotatable bonds is 12. The van der Waals surface area contributed by atoms with Crippen molar-refractivity contribution in [1.29, 1.82) is 0 Å². The van der Waals surface area contributed by atoms with Crippen LogP contribution < -0.4 is 10.1 Å². The number of hydrogen-bond donors (Lipinski definition) is 2. The van der Waals surface area contributed by atoms with Crippen LogP contribution in [0.25, 0.3) is 11.3 Å². The molecule has 1 aromatic heterocycles. The van der Waals surface area contributed by atoms with E-state index in [9.17, 15) is 23.1 Å². The van der Waals surface area contributed by atoms with Crippen LogP contribution in [0.2, 0.25) is 0 Å². The molecule has 1 saturated heterocycles. The van der Waals surface area contributed by atoms with Crippen molar-refractivity contribution in [2.45, 2.75) is 84.0 Å². The monoisotopic (exact) mass is 614 g/mol. The number of phenols is 1. The number of aryl methyl sites for hydroxylation is 1. The van der Waals surface area contributed by atoms with Gasteiger partial charge in [-0.05, 0) is 73.9 Å². The lowest BCUT2D eigenvalue weighted by Gasteiger charge is -2.36. The fraction of sp³-hybridized carbons (Fsp3) is 0.529. The van der Waals surface area contributed by atoms with Crippen LogP contribution in [-0.4, -0.2) is 64.7 Å². The molecular weight excluding hydrogens is 569 g/mol. The van der Waals surface area contributed by atoms with Crippen LogP contribution in [0, 0.1) is 12.8 Å². The first-order valence-electron chi connectivity index (χ1n) is 15.6. The maximum absolute atomic E-state index is 14.7. The maximum Gasteiger partial charge on any atom is 0.410 e. The van der Waals surface area contributed by atoms with Crippen LogP contribution in [0.1, 0.15) is 86.5 Å². The Morgan fingerprint density at radius 2 is 1.86 bits per heavy atom. The van der Waals surface area contributed by atoms with Gasteiger partial charge in [-0.1, -0.05) is 51.8 Å². The van der Waals surface area contributed by atoms with Gasteiger partial charge >= 0.3 is 6.18 Å². The van der Waals surface area contributed by atoms with E-state index in [0.29, 0.717) is 41.0 Å². The summed E-state index contributed by atoms with van der Waals surface area (Å²) >= 11 is 0. The SMILES string of the molecule is CCCC1CNCCN1C(=O)c1ccc(-c2cc(C)n(C(CC(CC(C)CC)c3ccc(OC)c(O)c3)C(F)(F)F)n2)cc1. The molecule has 0 spiro atoms. The molecule has 0 radical (unpaired) electrons. The Bertz CT molecular complexity index is 1390. The number of halogens is 3. The Balaban J connectivity index is 1.61. The number of piperazine rings is 1. The fourth-order valence-electron chi connectivity index (χ4n) is 6.14. The quantitative estimate of drug-likeness (QED) is 0.221. The molecule has 1 fully saturated rings. The Kier molecular flexibility index (Phi) is 11.0. The van der Waals surface area contributed by atoms with Crippen molar-refractivity contribution in [3.8, 4) is 22.8 Å². The van der Waals surface area contributed by atoms with E-state index in [0.717, 1.165) is 37.0 Å². The summed E-state index contributed by atoms with van der Waals surface area (Å²) in [5.74, 6) is -0.135. The second-order valence-corrected chi connectivity index (χ2v) is 12.0. The minimum absolute atomic E-state index is 0.0349. The average molecular weight is 615 g/mol. The van der Waals surface area contributed by atoms with Crippen LogP contribution in [0.3, 0.4) is 0 Å². The summed E-state index contributed by atoms with van der Waals surface area (Å²) in [6, 6.07) is 11.7. The van der Waals surface area contributed by atoms with Crippen molar-refractivity contribution in [2.75, 3.05) is 26.7 Å². The number of methoxy groups -OCH3 is 1. The standard InChI is InChI=1S/C34H45F3N4O3/c1-6-8-28-21-38-15-16-40(28)33(43)25-11-9-24(10-12-25)29-18-23(4)41(39-29)32(34(35,36)37)20-27(17-22(3)7-2)26-13-14-31(44-5)30(42)19-26/h9-14,18-19,22,27-28,32,38,42H,6-8,15-17,20-21H2,1-5H3. The van der Waals surface area contributed by atoms with Crippen LogP contribution in [-0.2, 0) is 0 Å². The van der Waals surface area contributed by atoms with Gasteiger partial charge in [-0.15, -0.1) is 0 Å². The van der Waals surface area contributed by atoms with Gasteiger partial charge in [0.2, 0.25) is 0 Å². The zero-order chi connectivity index (χ0) is 32.0. The lowest BCUT2D eigenvalue weighted by Crippen LogP contribution is -2.53. The van der Waals surface area contributed by atoms with Gasteiger partial charge in [-0.25, -0.2) is 0 Å². The molecule has 10 heteroatoms. The van der Waals surface area contributed by atoms with E-state index in [-0.39, 0.29) is 35.8 Å². The van der Waals surface area contributed by atoms with Crippen LogP contribution >= 0.6 is 0 Å². The third-order valence-electron chi connectivity index (χ3n) is 8.82. The van der Waals surface area contributed by atoms with Crippen LogP contribution in [0.4, 0.5) is 13.2 Å². The number of ether oxygens (including phenoxy) is 1. The molecule has 0 saturated carbocycles. The fourth-order valence-corrected chi connectivity index (χ4v) is 6.14. The first-order valence-corrected chi connectivity index (χ1v) is 15.6. The highest BCUT2D eigenvalue weighted by Gasteiger charge is 2.44. The lowest BCUT2D eigenvalue weighted by molar-refractivity contribution is -0.173. The Hall–Kier alpha value is -3.53. The van der Waals surface area contributed by atoms with Crippen molar-refractivity contribution in [3.63, 3.8) is 0 Å². The minimum Gasteiger partial charge on any atom is -0.504 e. The molecule has 0 aliphatic carbocycles. The predicted molar refractivity (Wildman–Crippen MR) is 166 cm³/mol. The first kappa shape index (κ1) is 33.4. The van der Waals surface area contributed by atoms with Gasteiger partial charge in [0.1, 0.15) is 6.04 Å². The maximum atomic E-state index is 14.7. The van der Waals surface area contributed by atoms with Gasteiger partial charge in [0, 0.05) is 42.5 Å². The molecule has 4 rings (SSSR count). The molecule has 240 valence electrons. The number of nitrogens with zero attached hydrogens (tertiary/aromatic N) is 3. The summed E-state index contributed by atoms with van der Waals surface area (Å²) in [4.78, 5) is 15.2.